The Hall–Kier alpha value is -1.73. The molecule has 1 saturated heterocycles. The predicted octanol–water partition coefficient (Wildman–Crippen LogP) is -2.88. The number of nitrogens with zero attached hydrogens (tertiary/aromatic N) is 3. The summed E-state index contributed by atoms with van der Waals surface area (Å²) in [5.74, 6) is 0.0371. The van der Waals surface area contributed by atoms with Crippen LogP contribution in [0, 0.1) is 0 Å². The lowest BCUT2D eigenvalue weighted by Gasteiger charge is -2.27. The number of phosphoric ester groups is 1. The fraction of sp³-hybridized carbons (Fsp3) is 0.636. The maximum absolute atomic E-state index is 12.0. The van der Waals surface area contributed by atoms with Crippen LogP contribution < -0.4 is 21.1 Å². The molecule has 0 aromatic carbocycles. The van der Waals surface area contributed by atoms with Crippen molar-refractivity contribution in [3.63, 3.8) is 0 Å². The second-order valence-electron chi connectivity index (χ2n) is 5.77. The van der Waals surface area contributed by atoms with E-state index in [-0.39, 0.29) is 24.1 Å². The molecule has 0 spiro atoms. The first-order chi connectivity index (χ1) is 11.6. The van der Waals surface area contributed by atoms with E-state index in [1.165, 1.54) is 4.90 Å². The quantitative estimate of drug-likeness (QED) is 0.293. The van der Waals surface area contributed by atoms with Gasteiger partial charge in [0.2, 0.25) is 5.95 Å². The monoisotopic (exact) mass is 379 g/mol. The van der Waals surface area contributed by atoms with E-state index in [4.69, 9.17) is 20.3 Å². The van der Waals surface area contributed by atoms with Gasteiger partial charge in [0.15, 0.2) is 12.0 Å². The third-order valence-electron chi connectivity index (χ3n) is 3.96. The molecule has 1 fully saturated rings. The van der Waals surface area contributed by atoms with Gasteiger partial charge in [-0.05, 0) is 0 Å². The van der Waals surface area contributed by atoms with Crippen molar-refractivity contribution in [2.45, 2.75) is 24.5 Å². The molecule has 13 nitrogen and oxygen atoms in total. The first kappa shape index (κ1) is 18.1. The van der Waals surface area contributed by atoms with Crippen molar-refractivity contribution in [3.05, 3.63) is 10.4 Å². The molecule has 1 aromatic rings. The van der Waals surface area contributed by atoms with E-state index in [2.05, 4.69) is 14.5 Å². The van der Waals surface area contributed by atoms with Crippen molar-refractivity contribution in [1.29, 1.82) is 0 Å². The van der Waals surface area contributed by atoms with Gasteiger partial charge >= 0.3 is 7.82 Å². The Bertz CT molecular complexity index is 767. The highest BCUT2D eigenvalue weighted by Gasteiger charge is 2.49. The minimum atomic E-state index is -4.75. The van der Waals surface area contributed by atoms with Crippen LogP contribution in [0.4, 0.5) is 17.5 Å². The van der Waals surface area contributed by atoms with Gasteiger partial charge in [0, 0.05) is 7.05 Å². The first-order valence-electron chi connectivity index (χ1n) is 7.17. The van der Waals surface area contributed by atoms with Crippen LogP contribution in [0.25, 0.3) is 0 Å². The van der Waals surface area contributed by atoms with Gasteiger partial charge in [-0.15, -0.1) is 0 Å². The van der Waals surface area contributed by atoms with Crippen molar-refractivity contribution in [2.24, 2.45) is 0 Å². The molecule has 2 aliphatic rings. The Morgan fingerprint density at radius 2 is 2.12 bits per heavy atom. The summed E-state index contributed by atoms with van der Waals surface area (Å²) in [5.41, 5.74) is 5.30. The standard InChI is InChI=1S/C11H18N5O8P/c1-15-3-16(8-5(15)9(19)14-11(12)13-8)10-7(18)6(17)4(24-10)2-23-25(20,21)22/h4,6-7,10,17-18H,2-3H2,1H3,(H2,20,21,22)(H3,12,13,14,19)/t4-,6-,7+,10+/m0/s1. The first-order valence-corrected chi connectivity index (χ1v) is 8.71. The van der Waals surface area contributed by atoms with Crippen molar-refractivity contribution in [3.8, 4) is 0 Å². The number of fused-ring (bicyclic) bond motifs is 1. The fourth-order valence-corrected chi connectivity index (χ4v) is 3.22. The number of aliphatic hydroxyl groups is 2. The van der Waals surface area contributed by atoms with Crippen LogP contribution in [0.3, 0.4) is 0 Å². The van der Waals surface area contributed by atoms with Crippen LogP contribution in [-0.4, -0.2) is 74.8 Å². The Morgan fingerprint density at radius 1 is 1.44 bits per heavy atom. The van der Waals surface area contributed by atoms with Crippen LogP contribution >= 0.6 is 7.82 Å². The summed E-state index contributed by atoms with van der Waals surface area (Å²) in [5, 5.41) is 20.3. The highest BCUT2D eigenvalue weighted by molar-refractivity contribution is 7.46. The van der Waals surface area contributed by atoms with E-state index in [0.29, 0.717) is 0 Å². The zero-order valence-electron chi connectivity index (χ0n) is 13.0. The zero-order valence-corrected chi connectivity index (χ0v) is 13.9. The van der Waals surface area contributed by atoms with E-state index >= 15 is 0 Å². The number of H-pyrrole nitrogens is 1. The number of hydrogen-bond donors (Lipinski definition) is 6. The zero-order chi connectivity index (χ0) is 18.5. The molecule has 3 rings (SSSR count). The molecule has 3 heterocycles. The summed E-state index contributed by atoms with van der Waals surface area (Å²) in [6, 6.07) is 0. The molecule has 0 amide bonds. The third kappa shape index (κ3) is 3.35. The van der Waals surface area contributed by atoms with Crippen LogP contribution in [0.15, 0.2) is 4.79 Å². The van der Waals surface area contributed by atoms with Gasteiger partial charge in [-0.2, -0.15) is 4.98 Å². The number of aliphatic hydroxyl groups excluding tert-OH is 2. The number of anilines is 3. The van der Waals surface area contributed by atoms with Gasteiger partial charge in [-0.3, -0.25) is 14.3 Å². The SMILES string of the molecule is CN1CN([C@@H]2O[C@@H](COP(=O)(O)O)[C@H](O)[C@H]2O)c2nc(N)[nH]c(=O)c21. The van der Waals surface area contributed by atoms with Crippen LogP contribution in [0.2, 0.25) is 0 Å². The van der Waals surface area contributed by atoms with Gasteiger partial charge in [0.25, 0.3) is 5.56 Å². The fourth-order valence-electron chi connectivity index (χ4n) is 2.88. The maximum atomic E-state index is 12.0. The van der Waals surface area contributed by atoms with Crippen molar-refractivity contribution in [2.75, 3.05) is 35.9 Å². The number of aromatic nitrogens is 2. The van der Waals surface area contributed by atoms with Gasteiger partial charge in [0.05, 0.1) is 13.3 Å². The van der Waals surface area contributed by atoms with E-state index in [9.17, 15) is 19.6 Å². The normalized spacial score (nSPS) is 29.3. The molecule has 7 N–H and O–H groups in total. The Morgan fingerprint density at radius 3 is 2.76 bits per heavy atom. The number of nitrogens with two attached hydrogens (primary N) is 1. The molecule has 4 atom stereocenters. The number of phosphoric acid groups is 1. The molecule has 2 aliphatic heterocycles. The average Bonchev–Trinajstić information content (AvgIpc) is 2.95. The molecular formula is C11H18N5O8P. The number of rotatable bonds is 4. The van der Waals surface area contributed by atoms with Crippen molar-refractivity contribution < 1.29 is 33.8 Å². The lowest BCUT2D eigenvalue weighted by molar-refractivity contribution is -0.0217. The highest BCUT2D eigenvalue weighted by Crippen LogP contribution is 2.39. The predicted molar refractivity (Wildman–Crippen MR) is 83.7 cm³/mol. The van der Waals surface area contributed by atoms with Crippen molar-refractivity contribution in [1.82, 2.24) is 9.97 Å². The number of aromatic amines is 1. The molecule has 140 valence electrons. The molecule has 0 bridgehead atoms. The average molecular weight is 379 g/mol. The second kappa shape index (κ2) is 6.21. The number of nitrogen functional groups attached to an aromatic ring is 1. The number of hydrogen-bond acceptors (Lipinski definition) is 10. The molecule has 0 aliphatic carbocycles. The molecule has 0 saturated carbocycles. The molecule has 0 radical (unpaired) electrons. The highest BCUT2D eigenvalue weighted by atomic mass is 31.2. The van der Waals surface area contributed by atoms with Crippen molar-refractivity contribution >= 4 is 25.3 Å². The molecule has 1 aromatic heterocycles. The minimum absolute atomic E-state index is 0.120. The van der Waals surface area contributed by atoms with Crippen LogP contribution in [0.1, 0.15) is 0 Å². The number of ether oxygens (including phenoxy) is 1. The Labute approximate surface area is 140 Å². The van der Waals surface area contributed by atoms with E-state index < -0.39 is 44.5 Å². The van der Waals surface area contributed by atoms with Gasteiger partial charge in [0.1, 0.15) is 24.0 Å². The Balaban J connectivity index is 1.84. The maximum Gasteiger partial charge on any atom is 0.469 e. The lowest BCUT2D eigenvalue weighted by Crippen LogP contribution is -2.45. The summed E-state index contributed by atoms with van der Waals surface area (Å²) < 4.78 is 20.6. The third-order valence-corrected chi connectivity index (χ3v) is 4.45. The van der Waals surface area contributed by atoms with Crippen LogP contribution in [-0.2, 0) is 13.8 Å². The largest absolute Gasteiger partial charge is 0.469 e. The van der Waals surface area contributed by atoms with E-state index in [1.54, 1.807) is 11.9 Å². The Kier molecular flexibility index (Phi) is 4.49. The van der Waals surface area contributed by atoms with Gasteiger partial charge in [-0.25, -0.2) is 4.57 Å². The second-order valence-corrected chi connectivity index (χ2v) is 7.00. The molecule has 25 heavy (non-hydrogen) atoms. The summed E-state index contributed by atoms with van der Waals surface area (Å²) >= 11 is 0. The summed E-state index contributed by atoms with van der Waals surface area (Å²) in [7, 11) is -3.13. The summed E-state index contributed by atoms with van der Waals surface area (Å²) in [4.78, 5) is 38.9. The number of nitrogens with one attached hydrogen (secondary N) is 1. The topological polar surface area (TPSA) is 195 Å². The summed E-state index contributed by atoms with van der Waals surface area (Å²) in [6.45, 7) is -0.504. The van der Waals surface area contributed by atoms with Gasteiger partial charge in [-0.1, -0.05) is 0 Å². The molecular weight excluding hydrogens is 361 g/mol. The van der Waals surface area contributed by atoms with E-state index in [1.807, 2.05) is 0 Å². The lowest BCUT2D eigenvalue weighted by atomic mass is 10.1. The van der Waals surface area contributed by atoms with Gasteiger partial charge < -0.3 is 40.3 Å². The molecule has 0 unspecified atom stereocenters. The summed E-state index contributed by atoms with van der Waals surface area (Å²) in [6.07, 6.45) is -5.17. The molecule has 14 heteroatoms. The smallest absolute Gasteiger partial charge is 0.387 e. The van der Waals surface area contributed by atoms with Crippen LogP contribution in [0.5, 0.6) is 0 Å². The van der Waals surface area contributed by atoms with E-state index in [0.717, 1.165) is 0 Å². The minimum Gasteiger partial charge on any atom is -0.387 e.